The molecule has 0 radical (unpaired) electrons. The van der Waals surface area contributed by atoms with E-state index in [4.69, 9.17) is 1.37 Å². The summed E-state index contributed by atoms with van der Waals surface area (Å²) >= 11 is 6.84. The molecule has 0 aliphatic carbocycles. The smallest absolute Gasteiger partial charge is 0.269 e. The molecule has 0 saturated heterocycles. The highest BCUT2D eigenvalue weighted by molar-refractivity contribution is 9.10. The molecule has 0 saturated carbocycles. The van der Waals surface area contributed by atoms with Gasteiger partial charge in [0.1, 0.15) is 0 Å². The first kappa shape index (κ1) is 28.4. The lowest BCUT2D eigenvalue weighted by atomic mass is 10.1. The number of hydrogen-bond donors (Lipinski definition) is 2. The van der Waals surface area contributed by atoms with E-state index in [1.54, 1.807) is 18.3 Å². The van der Waals surface area contributed by atoms with Gasteiger partial charge in [-0.1, -0.05) is 98.6 Å². The molecule has 0 atom stereocenters. The zero-order valence-electron chi connectivity index (χ0n) is 23.6. The van der Waals surface area contributed by atoms with Crippen LogP contribution >= 0.6 is 31.9 Å². The second-order valence-electron chi connectivity index (χ2n) is 9.10. The number of hydrazine groups is 1. The number of alkyl halides is 1. The average molecular weight is 701 g/mol. The van der Waals surface area contributed by atoms with Crippen molar-refractivity contribution < 1.29 is 10.6 Å². The summed E-state index contributed by atoms with van der Waals surface area (Å²) in [6.07, 6.45) is 3.73. The maximum absolute atomic E-state index is 12.1. The van der Waals surface area contributed by atoms with Gasteiger partial charge in [0.15, 0.2) is 17.3 Å². The van der Waals surface area contributed by atoms with Crippen LogP contribution in [0.3, 0.4) is 0 Å². The van der Waals surface area contributed by atoms with Gasteiger partial charge >= 0.3 is 0 Å². The summed E-state index contributed by atoms with van der Waals surface area (Å²) in [5, 5.41) is 13.0. The predicted molar refractivity (Wildman–Crippen MR) is 178 cm³/mol. The SMILES string of the molecule is Brc1cccc(-c2nnc3c4ccccc4ccn23)c1.O=C(NNc1nccc2ccccc12)c1cccc(Br)c1.[2H]CF. The molecular formula is C33H25Br2FN6O. The number of carbonyl (C=O) groups excluding carboxylic acids is 1. The number of carbonyl (C=O) groups is 1. The first-order valence-corrected chi connectivity index (χ1v) is 14.6. The highest BCUT2D eigenvalue weighted by atomic mass is 79.9. The lowest BCUT2D eigenvalue weighted by Crippen LogP contribution is -2.29. The molecule has 1 amide bonds. The first-order chi connectivity index (χ1) is 21.5. The van der Waals surface area contributed by atoms with Gasteiger partial charge in [-0.3, -0.25) is 24.4 Å². The zero-order chi connectivity index (χ0) is 30.9. The summed E-state index contributed by atoms with van der Waals surface area (Å²) in [4.78, 5) is 16.3. The average Bonchev–Trinajstić information content (AvgIpc) is 3.49. The molecule has 3 aromatic heterocycles. The molecule has 214 valence electrons. The van der Waals surface area contributed by atoms with E-state index in [9.17, 15) is 9.18 Å². The van der Waals surface area contributed by atoms with Crippen LogP contribution in [0, 0.1) is 0 Å². The Morgan fingerprint density at radius 3 is 2.23 bits per heavy atom. The van der Waals surface area contributed by atoms with Crippen LogP contribution in [0.1, 0.15) is 11.7 Å². The minimum Gasteiger partial charge on any atom is -0.282 e. The van der Waals surface area contributed by atoms with Crippen molar-refractivity contribution in [3.8, 4) is 11.4 Å². The first-order valence-electron chi connectivity index (χ1n) is 13.7. The number of halogens is 3. The van der Waals surface area contributed by atoms with E-state index in [1.807, 2.05) is 89.5 Å². The van der Waals surface area contributed by atoms with Crippen LogP contribution in [0.25, 0.3) is 38.6 Å². The highest BCUT2D eigenvalue weighted by Gasteiger charge is 2.11. The molecule has 7 aromatic rings. The number of nitrogens with one attached hydrogen (secondary N) is 2. The van der Waals surface area contributed by atoms with Crippen molar-refractivity contribution in [1.29, 1.82) is 0 Å². The second-order valence-corrected chi connectivity index (χ2v) is 10.9. The van der Waals surface area contributed by atoms with Crippen molar-refractivity contribution in [2.75, 3.05) is 12.6 Å². The number of pyridine rings is 2. The van der Waals surface area contributed by atoms with Gasteiger partial charge < -0.3 is 0 Å². The molecule has 3 heterocycles. The van der Waals surface area contributed by atoms with E-state index >= 15 is 0 Å². The van der Waals surface area contributed by atoms with Gasteiger partial charge in [0.05, 0.1) is 8.52 Å². The topological polar surface area (TPSA) is 84.2 Å². The number of fused-ring (bicyclic) bond motifs is 4. The van der Waals surface area contributed by atoms with Gasteiger partial charge in [0, 0.05) is 43.2 Å². The molecule has 0 bridgehead atoms. The van der Waals surface area contributed by atoms with Crippen molar-refractivity contribution >= 4 is 70.8 Å². The Labute approximate surface area is 265 Å². The Balaban J connectivity index is 0.000000161. The van der Waals surface area contributed by atoms with E-state index in [0.717, 1.165) is 42.1 Å². The number of rotatable bonds is 4. The van der Waals surface area contributed by atoms with Gasteiger partial charge in [-0.2, -0.15) is 0 Å². The second kappa shape index (κ2) is 14.0. The number of hydrogen-bond acceptors (Lipinski definition) is 5. The van der Waals surface area contributed by atoms with Gasteiger partial charge in [-0.05, 0) is 53.2 Å². The number of anilines is 1. The van der Waals surface area contributed by atoms with Crippen molar-refractivity contribution in [2.45, 2.75) is 0 Å². The maximum atomic E-state index is 12.1. The number of nitrogens with zero attached hydrogens (tertiary/aromatic N) is 4. The fourth-order valence-corrected chi connectivity index (χ4v) is 5.28. The third-order valence-corrected chi connectivity index (χ3v) is 7.42. The molecule has 2 N–H and O–H groups in total. The Morgan fingerprint density at radius 2 is 1.49 bits per heavy atom. The Morgan fingerprint density at radius 1 is 0.814 bits per heavy atom. The predicted octanol–water partition coefficient (Wildman–Crippen LogP) is 8.65. The minimum atomic E-state index is -1.00. The number of benzene rings is 4. The standard InChI is InChI=1S/C16H12BrN3O.C16H10BrN3.CH3F/c17-13-6-3-5-12(10-13)16(21)20-19-15-14-7-2-1-4-11(14)8-9-18-15;17-13-6-3-5-12(10-13)15-18-19-16-14-7-2-1-4-11(14)8-9-20(15)16;1-2/h1-10H,(H,18,19)(H,20,21);1-10H;1H3/i;;1D. The molecule has 0 aliphatic heterocycles. The van der Waals surface area contributed by atoms with E-state index in [0.29, 0.717) is 11.4 Å². The third kappa shape index (κ3) is 6.87. The summed E-state index contributed by atoms with van der Waals surface area (Å²) in [6, 6.07) is 35.4. The quantitative estimate of drug-likeness (QED) is 0.180. The monoisotopic (exact) mass is 699 g/mol. The van der Waals surface area contributed by atoms with Crippen LogP contribution in [0.5, 0.6) is 0 Å². The summed E-state index contributed by atoms with van der Waals surface area (Å²) in [6.45, 7) is 0. The van der Waals surface area contributed by atoms with Gasteiger partial charge in [0.25, 0.3) is 5.91 Å². The summed E-state index contributed by atoms with van der Waals surface area (Å²) in [5.41, 5.74) is 8.04. The van der Waals surface area contributed by atoms with E-state index < -0.39 is 7.15 Å². The number of amides is 1. The van der Waals surface area contributed by atoms with Crippen molar-refractivity contribution in [3.63, 3.8) is 0 Å². The maximum Gasteiger partial charge on any atom is 0.269 e. The summed E-state index contributed by atoms with van der Waals surface area (Å²) in [5.74, 6) is 1.26. The van der Waals surface area contributed by atoms with E-state index in [1.165, 1.54) is 5.39 Å². The van der Waals surface area contributed by atoms with Gasteiger partial charge in [0.2, 0.25) is 0 Å². The summed E-state index contributed by atoms with van der Waals surface area (Å²) < 4.78 is 19.4. The lowest BCUT2D eigenvalue weighted by molar-refractivity contribution is 0.0962. The molecule has 0 fully saturated rings. The van der Waals surface area contributed by atoms with Crippen LogP contribution in [0.4, 0.5) is 10.2 Å². The molecule has 0 unspecified atom stereocenters. The van der Waals surface area contributed by atoms with Crippen LogP contribution in [-0.4, -0.2) is 32.6 Å². The molecule has 43 heavy (non-hydrogen) atoms. The highest BCUT2D eigenvalue weighted by Crippen LogP contribution is 2.25. The molecule has 0 aliphatic rings. The fraction of sp³-hybridized carbons (Fsp3) is 0.0303. The normalized spacial score (nSPS) is 10.7. The van der Waals surface area contributed by atoms with Crippen LogP contribution in [0.2, 0.25) is 0 Å². The molecule has 0 spiro atoms. The van der Waals surface area contributed by atoms with Gasteiger partial charge in [-0.15, -0.1) is 10.2 Å². The molecular weight excluding hydrogens is 675 g/mol. The van der Waals surface area contributed by atoms with Crippen molar-refractivity contribution in [1.82, 2.24) is 25.0 Å². The molecule has 10 heteroatoms. The Bertz CT molecular complexity index is 2050. The Hall–Kier alpha value is -4.67. The zero-order valence-corrected chi connectivity index (χ0v) is 25.8. The van der Waals surface area contributed by atoms with Gasteiger partial charge in [-0.25, -0.2) is 4.98 Å². The fourth-order valence-electron chi connectivity index (χ4n) is 4.48. The Kier molecular flexibility index (Phi) is 9.26. The largest absolute Gasteiger partial charge is 0.282 e. The number of aromatic nitrogens is 4. The molecule has 7 nitrogen and oxygen atoms in total. The third-order valence-electron chi connectivity index (χ3n) is 6.44. The summed E-state index contributed by atoms with van der Waals surface area (Å²) in [7, 11) is -1.00. The van der Waals surface area contributed by atoms with Crippen LogP contribution in [-0.2, 0) is 0 Å². The lowest BCUT2D eigenvalue weighted by Gasteiger charge is -2.10. The minimum absolute atomic E-state index is 0.217. The van der Waals surface area contributed by atoms with Crippen molar-refractivity contribution in [2.24, 2.45) is 0 Å². The van der Waals surface area contributed by atoms with Crippen molar-refractivity contribution in [3.05, 3.63) is 136 Å². The van der Waals surface area contributed by atoms with Crippen LogP contribution in [0.15, 0.2) is 131 Å². The molecule has 4 aromatic carbocycles. The molecule has 7 rings (SSSR count). The van der Waals surface area contributed by atoms with E-state index in [2.05, 4.69) is 76.1 Å². The van der Waals surface area contributed by atoms with E-state index in [-0.39, 0.29) is 5.91 Å². The van der Waals surface area contributed by atoms with Crippen LogP contribution < -0.4 is 10.9 Å².